The van der Waals surface area contributed by atoms with Gasteiger partial charge < -0.3 is 24.8 Å². The quantitative estimate of drug-likeness (QED) is 0.174. The molecule has 0 fully saturated rings. The van der Waals surface area contributed by atoms with Crippen LogP contribution in [0, 0.1) is 0 Å². The lowest BCUT2D eigenvalue weighted by molar-refractivity contribution is -0.116. The highest BCUT2D eigenvalue weighted by Gasteiger charge is 2.28. The average Bonchev–Trinajstić information content (AvgIpc) is 3.19. The Labute approximate surface area is 253 Å². The summed E-state index contributed by atoms with van der Waals surface area (Å²) in [7, 11) is -0.0689. The molecule has 1 atom stereocenters. The third-order valence-electron chi connectivity index (χ3n) is 6.21. The Morgan fingerprint density at radius 3 is 2.60 bits per heavy atom. The van der Waals surface area contributed by atoms with Crippen molar-refractivity contribution in [3.63, 3.8) is 0 Å². The minimum Gasteiger partial charge on any atom is -0.453 e. The molecule has 3 N–H and O–H groups in total. The van der Waals surface area contributed by atoms with E-state index in [-0.39, 0.29) is 24.2 Å². The number of carbonyl (C=O) groups excluding carboxylic acids is 3. The third kappa shape index (κ3) is 9.88. The number of amides is 3. The van der Waals surface area contributed by atoms with Crippen LogP contribution in [0.3, 0.4) is 0 Å². The standard InChI is InChI=1S/C29H42ClN5O6Si/c1-29(2,3)41-28(38)33-21-11-9-8-10-12-23(36)32-22-17-19(31-27(37)39-4)13-14-20(22)24-25(30)35(26(21)34-24)18-40-15-16-42(5,6)7/h8-9,13-14,17,21H,10-12,15-16,18H2,1-7H3,(H,31,37)(H,32,36)(H,33,38)/b9-8+/t21-/m0/s1. The molecule has 0 spiro atoms. The number of nitrogens with one attached hydrogen (secondary N) is 3. The lowest BCUT2D eigenvalue weighted by Gasteiger charge is -2.24. The van der Waals surface area contributed by atoms with Gasteiger partial charge in [-0.05, 0) is 57.9 Å². The van der Waals surface area contributed by atoms with Gasteiger partial charge in [-0.25, -0.2) is 14.6 Å². The zero-order valence-corrected chi connectivity index (χ0v) is 27.2. The number of anilines is 2. The molecule has 0 saturated heterocycles. The van der Waals surface area contributed by atoms with E-state index in [0.29, 0.717) is 47.9 Å². The van der Waals surface area contributed by atoms with Crippen LogP contribution < -0.4 is 16.0 Å². The van der Waals surface area contributed by atoms with Gasteiger partial charge >= 0.3 is 12.2 Å². The van der Waals surface area contributed by atoms with Gasteiger partial charge in [0.1, 0.15) is 29.0 Å². The zero-order chi connectivity index (χ0) is 31.1. The van der Waals surface area contributed by atoms with Gasteiger partial charge in [-0.1, -0.05) is 43.4 Å². The summed E-state index contributed by atoms with van der Waals surface area (Å²) in [6.45, 7) is 12.9. The minimum atomic E-state index is -1.34. The molecule has 230 valence electrons. The molecule has 0 saturated carbocycles. The van der Waals surface area contributed by atoms with E-state index in [4.69, 9.17) is 30.8 Å². The number of hydrogen-bond acceptors (Lipinski definition) is 7. The number of ether oxygens (including phenoxy) is 3. The Morgan fingerprint density at radius 1 is 1.19 bits per heavy atom. The first-order chi connectivity index (χ1) is 19.7. The predicted molar refractivity (Wildman–Crippen MR) is 167 cm³/mol. The summed E-state index contributed by atoms with van der Waals surface area (Å²) in [5.74, 6) is 0.260. The van der Waals surface area contributed by atoms with Gasteiger partial charge in [0, 0.05) is 32.4 Å². The number of hydrogen-bond donors (Lipinski definition) is 3. The Hall–Kier alpha value is -3.35. The number of imidazole rings is 1. The van der Waals surface area contributed by atoms with Crippen molar-refractivity contribution in [3.05, 3.63) is 41.3 Å². The summed E-state index contributed by atoms with van der Waals surface area (Å²) in [6.07, 6.45) is 3.65. The molecule has 13 heteroatoms. The second-order valence-corrected chi connectivity index (χ2v) is 18.2. The molecule has 11 nitrogen and oxygen atoms in total. The summed E-state index contributed by atoms with van der Waals surface area (Å²) in [5, 5.41) is 8.76. The lowest BCUT2D eigenvalue weighted by Crippen LogP contribution is -2.36. The Kier molecular flexibility index (Phi) is 11.2. The summed E-state index contributed by atoms with van der Waals surface area (Å²) >= 11 is 6.99. The number of methoxy groups -OCH3 is 1. The van der Waals surface area contributed by atoms with E-state index in [9.17, 15) is 14.4 Å². The molecule has 1 aliphatic heterocycles. The number of rotatable bonds is 7. The Balaban J connectivity index is 2.12. The molecule has 1 aliphatic rings. The largest absolute Gasteiger partial charge is 0.453 e. The van der Waals surface area contributed by atoms with Crippen molar-refractivity contribution in [3.8, 4) is 11.3 Å². The summed E-state index contributed by atoms with van der Waals surface area (Å²) in [5.41, 5.74) is 1.06. The van der Waals surface area contributed by atoms with Gasteiger partial charge in [-0.15, -0.1) is 0 Å². The number of nitrogens with zero attached hydrogens (tertiary/aromatic N) is 2. The van der Waals surface area contributed by atoms with Crippen molar-refractivity contribution >= 4 is 49.1 Å². The van der Waals surface area contributed by atoms with Crippen molar-refractivity contribution in [2.24, 2.45) is 0 Å². The van der Waals surface area contributed by atoms with Crippen LogP contribution in [0.2, 0.25) is 30.8 Å². The van der Waals surface area contributed by atoms with E-state index in [0.717, 1.165) is 6.04 Å². The summed E-state index contributed by atoms with van der Waals surface area (Å²) < 4.78 is 18.0. The number of allylic oxidation sites excluding steroid dienone is 1. The molecule has 0 radical (unpaired) electrons. The van der Waals surface area contributed by atoms with Crippen LogP contribution in [0.5, 0.6) is 0 Å². The Bertz CT molecular complexity index is 1310. The molecule has 1 aromatic heterocycles. The Morgan fingerprint density at radius 2 is 1.93 bits per heavy atom. The van der Waals surface area contributed by atoms with E-state index >= 15 is 0 Å². The van der Waals surface area contributed by atoms with Crippen molar-refractivity contribution < 1.29 is 28.6 Å². The van der Waals surface area contributed by atoms with Crippen LogP contribution >= 0.6 is 11.6 Å². The predicted octanol–water partition coefficient (Wildman–Crippen LogP) is 6.94. The molecule has 2 heterocycles. The van der Waals surface area contributed by atoms with Gasteiger partial charge in [0.2, 0.25) is 5.91 Å². The van der Waals surface area contributed by atoms with Crippen LogP contribution in [0.4, 0.5) is 21.0 Å². The molecule has 2 bridgehead atoms. The molecule has 0 unspecified atom stereocenters. The fourth-order valence-electron chi connectivity index (χ4n) is 4.10. The van der Waals surface area contributed by atoms with E-state index in [2.05, 4.69) is 35.6 Å². The minimum absolute atomic E-state index is 0.117. The van der Waals surface area contributed by atoms with E-state index in [1.807, 2.05) is 12.2 Å². The first-order valence-electron chi connectivity index (χ1n) is 13.9. The first-order valence-corrected chi connectivity index (χ1v) is 18.0. The smallest absolute Gasteiger partial charge is 0.411 e. The van der Waals surface area contributed by atoms with E-state index in [1.54, 1.807) is 43.5 Å². The average molecular weight is 620 g/mol. The number of fused-ring (bicyclic) bond motifs is 4. The third-order valence-corrected chi connectivity index (χ3v) is 8.30. The van der Waals surface area contributed by atoms with E-state index < -0.39 is 31.9 Å². The van der Waals surface area contributed by atoms with Gasteiger partial charge in [0.15, 0.2) is 0 Å². The van der Waals surface area contributed by atoms with Crippen molar-refractivity contribution in [2.45, 2.75) is 84.1 Å². The molecule has 1 aromatic carbocycles. The molecule has 3 amide bonds. The number of alkyl carbamates (subject to hydrolysis) is 1. The molecular formula is C29H42ClN5O6Si. The number of aromatic nitrogens is 2. The highest BCUT2D eigenvalue weighted by atomic mass is 35.5. The van der Waals surface area contributed by atoms with Crippen LogP contribution in [0.15, 0.2) is 30.4 Å². The first kappa shape index (κ1) is 33.2. The molecule has 2 aromatic rings. The fraction of sp³-hybridized carbons (Fsp3) is 0.517. The normalized spacial score (nSPS) is 16.6. The van der Waals surface area contributed by atoms with Crippen LogP contribution in [-0.4, -0.2) is 55.0 Å². The summed E-state index contributed by atoms with van der Waals surface area (Å²) in [4.78, 5) is 42.5. The van der Waals surface area contributed by atoms with E-state index in [1.165, 1.54) is 7.11 Å². The number of benzene rings is 1. The van der Waals surface area contributed by atoms with Gasteiger partial charge in [-0.2, -0.15) is 0 Å². The second-order valence-electron chi connectivity index (χ2n) is 12.3. The maximum Gasteiger partial charge on any atom is 0.411 e. The maximum atomic E-state index is 12.9. The van der Waals surface area contributed by atoms with Crippen molar-refractivity contribution in [1.82, 2.24) is 14.9 Å². The van der Waals surface area contributed by atoms with Crippen LogP contribution in [0.1, 0.15) is 51.9 Å². The maximum absolute atomic E-state index is 12.9. The molecule has 0 aliphatic carbocycles. The highest BCUT2D eigenvalue weighted by Crippen LogP contribution is 2.37. The number of halogens is 1. The molecular weight excluding hydrogens is 578 g/mol. The summed E-state index contributed by atoms with van der Waals surface area (Å²) in [6, 6.07) is 5.36. The van der Waals surface area contributed by atoms with Crippen LogP contribution in [0.25, 0.3) is 11.3 Å². The molecule has 3 rings (SSSR count). The monoisotopic (exact) mass is 619 g/mol. The topological polar surface area (TPSA) is 133 Å². The zero-order valence-electron chi connectivity index (χ0n) is 25.4. The fourth-order valence-corrected chi connectivity index (χ4v) is 5.14. The SMILES string of the molecule is COC(=O)Nc1ccc2c(c1)NC(=O)CC/C=C/C[C@H](NC(=O)OC(C)(C)C)c1nc-2c(Cl)n1COCC[Si](C)(C)C. The lowest BCUT2D eigenvalue weighted by atomic mass is 10.1. The van der Waals surface area contributed by atoms with Crippen molar-refractivity contribution in [1.29, 1.82) is 0 Å². The molecule has 42 heavy (non-hydrogen) atoms. The number of carbonyl (C=O) groups is 3. The second kappa shape index (κ2) is 14.2. The van der Waals surface area contributed by atoms with Gasteiger partial charge in [0.05, 0.1) is 18.8 Å². The van der Waals surface area contributed by atoms with Crippen molar-refractivity contribution in [2.75, 3.05) is 24.4 Å². The van der Waals surface area contributed by atoms with Crippen LogP contribution in [-0.2, 0) is 25.7 Å². The highest BCUT2D eigenvalue weighted by molar-refractivity contribution is 6.76. The van der Waals surface area contributed by atoms with Gasteiger partial charge in [0.25, 0.3) is 0 Å². The van der Waals surface area contributed by atoms with Gasteiger partial charge in [-0.3, -0.25) is 14.7 Å².